The van der Waals surface area contributed by atoms with E-state index in [0.717, 1.165) is 12.8 Å². The number of benzene rings is 1. The molecule has 0 atom stereocenters. The number of hydrogen-bond donors (Lipinski definition) is 2. The van der Waals surface area contributed by atoms with Gasteiger partial charge in [-0.15, -0.1) is 0 Å². The number of rotatable bonds is 8. The molecule has 3 N–H and O–H groups in total. The Kier molecular flexibility index (Phi) is 7.61. The minimum atomic E-state index is -0.984. The van der Waals surface area contributed by atoms with Crippen LogP contribution < -0.4 is 15.4 Å². The van der Waals surface area contributed by atoms with Crippen molar-refractivity contribution in [2.45, 2.75) is 46.5 Å². The fourth-order valence-electron chi connectivity index (χ4n) is 4.71. The summed E-state index contributed by atoms with van der Waals surface area (Å²) >= 11 is 0. The molecule has 1 aromatic carbocycles. The number of halogens is 2. The number of carboxylic acids is 1. The zero-order valence-electron chi connectivity index (χ0n) is 21.4. The largest absolute Gasteiger partial charge is 0.481 e. The number of nitrogens with zero attached hydrogens (tertiary/aromatic N) is 3. The maximum atomic E-state index is 15.1. The lowest BCUT2D eigenvalue weighted by Gasteiger charge is -2.40. The zero-order chi connectivity index (χ0) is 26.7. The van der Waals surface area contributed by atoms with Crippen LogP contribution in [0.4, 0.5) is 20.3 Å². The van der Waals surface area contributed by atoms with Crippen LogP contribution in [0.1, 0.15) is 43.5 Å². The molecule has 3 heterocycles. The summed E-state index contributed by atoms with van der Waals surface area (Å²) in [6.07, 6.45) is 3.32. The summed E-state index contributed by atoms with van der Waals surface area (Å²) in [6, 6.07) is 7.62. The summed E-state index contributed by atoms with van der Waals surface area (Å²) in [5.74, 6) is -2.05. The Morgan fingerprint density at radius 2 is 1.89 bits per heavy atom. The highest BCUT2D eigenvalue weighted by molar-refractivity contribution is 5.90. The van der Waals surface area contributed by atoms with Crippen molar-refractivity contribution in [1.29, 1.82) is 0 Å². The van der Waals surface area contributed by atoms with Crippen LogP contribution in [0.2, 0.25) is 0 Å². The number of aromatic nitrogens is 2. The second kappa shape index (κ2) is 10.7. The van der Waals surface area contributed by atoms with Gasteiger partial charge in [0, 0.05) is 48.1 Å². The van der Waals surface area contributed by atoms with Crippen molar-refractivity contribution in [2.75, 3.05) is 30.3 Å². The zero-order valence-corrected chi connectivity index (χ0v) is 21.4. The molecule has 0 unspecified atom stereocenters. The summed E-state index contributed by atoms with van der Waals surface area (Å²) < 4.78 is 34.4. The molecule has 2 aromatic heterocycles. The van der Waals surface area contributed by atoms with Crippen LogP contribution in [-0.4, -0.2) is 40.7 Å². The van der Waals surface area contributed by atoms with E-state index in [-0.39, 0.29) is 42.4 Å². The fraction of sp³-hybridized carbons (Fsp3) is 0.393. The van der Waals surface area contributed by atoms with Crippen molar-refractivity contribution in [1.82, 2.24) is 9.97 Å². The Morgan fingerprint density at radius 1 is 1.19 bits per heavy atom. The van der Waals surface area contributed by atoms with E-state index in [1.54, 1.807) is 25.1 Å². The quantitative estimate of drug-likeness (QED) is 0.430. The molecule has 9 heteroatoms. The third-order valence-corrected chi connectivity index (χ3v) is 6.93. The molecular weight excluding hydrogens is 478 g/mol. The highest BCUT2D eigenvalue weighted by Crippen LogP contribution is 2.42. The van der Waals surface area contributed by atoms with E-state index >= 15 is 4.39 Å². The average molecular weight is 511 g/mol. The highest BCUT2D eigenvalue weighted by Gasteiger charge is 2.30. The Balaban J connectivity index is 1.67. The molecular formula is C28H32F2N4O3. The molecule has 3 aromatic rings. The molecule has 1 saturated heterocycles. The van der Waals surface area contributed by atoms with Crippen LogP contribution in [0.25, 0.3) is 11.1 Å². The van der Waals surface area contributed by atoms with Gasteiger partial charge in [0.25, 0.3) is 0 Å². The van der Waals surface area contributed by atoms with Gasteiger partial charge >= 0.3 is 5.97 Å². The van der Waals surface area contributed by atoms with E-state index in [0.29, 0.717) is 46.7 Å². The van der Waals surface area contributed by atoms with Gasteiger partial charge in [-0.1, -0.05) is 32.0 Å². The van der Waals surface area contributed by atoms with Gasteiger partial charge in [-0.25, -0.2) is 18.7 Å². The van der Waals surface area contributed by atoms with Gasteiger partial charge in [-0.2, -0.15) is 0 Å². The molecule has 7 nitrogen and oxygen atoms in total. The molecule has 37 heavy (non-hydrogen) atoms. The van der Waals surface area contributed by atoms with Crippen molar-refractivity contribution < 1.29 is 23.4 Å². The smallest absolute Gasteiger partial charge is 0.307 e. The van der Waals surface area contributed by atoms with Crippen molar-refractivity contribution in [3.63, 3.8) is 0 Å². The van der Waals surface area contributed by atoms with Crippen molar-refractivity contribution in [2.24, 2.45) is 5.41 Å². The van der Waals surface area contributed by atoms with Gasteiger partial charge in [0.05, 0.1) is 18.7 Å². The normalized spacial score (nSPS) is 15.0. The molecule has 0 aliphatic carbocycles. The lowest BCUT2D eigenvalue weighted by Crippen LogP contribution is -2.38. The van der Waals surface area contributed by atoms with Crippen molar-refractivity contribution in [3.8, 4) is 17.0 Å². The van der Waals surface area contributed by atoms with Gasteiger partial charge in [-0.05, 0) is 42.9 Å². The lowest BCUT2D eigenvalue weighted by atomic mass is 9.82. The number of aryl methyl sites for hydroxylation is 1. The molecule has 1 aliphatic rings. The molecule has 0 bridgehead atoms. The first kappa shape index (κ1) is 26.3. The molecule has 0 amide bonds. The number of carbonyl (C=O) groups is 1. The fourth-order valence-corrected chi connectivity index (χ4v) is 4.71. The summed E-state index contributed by atoms with van der Waals surface area (Å²) in [7, 11) is 0. The molecule has 1 aliphatic heterocycles. The predicted molar refractivity (Wildman–Crippen MR) is 139 cm³/mol. The van der Waals surface area contributed by atoms with Gasteiger partial charge in [0.15, 0.2) is 5.82 Å². The molecule has 0 saturated carbocycles. The number of carboxylic acid groups (broad SMARTS) is 1. The Morgan fingerprint density at radius 3 is 2.54 bits per heavy atom. The number of nitrogens with two attached hydrogens (primary N) is 1. The average Bonchev–Trinajstić information content (AvgIpc) is 2.83. The van der Waals surface area contributed by atoms with E-state index in [2.05, 4.69) is 28.7 Å². The van der Waals surface area contributed by atoms with Crippen LogP contribution in [0.15, 0.2) is 36.5 Å². The third-order valence-electron chi connectivity index (χ3n) is 6.93. The van der Waals surface area contributed by atoms with Gasteiger partial charge in [0.1, 0.15) is 11.6 Å². The standard InChI is InChI=1S/C28H32F2N4O3/c1-17-20(15-23(35)36)25(34-11-9-28(2,3)10-12-34)24(26(31)33-17)19-14-22(30)27(32-16-19)37-13-8-18-6-4-5-7-21(18)29/h4-7,14,16H,8-13,15H2,1-3H3,(H2,31,33)(H,35,36). The Bertz CT molecular complexity index is 1300. The molecule has 0 radical (unpaired) electrons. The van der Waals surface area contributed by atoms with E-state index < -0.39 is 11.8 Å². The van der Waals surface area contributed by atoms with Crippen LogP contribution in [0.3, 0.4) is 0 Å². The number of piperidine rings is 1. The number of hydrogen-bond acceptors (Lipinski definition) is 6. The summed E-state index contributed by atoms with van der Waals surface area (Å²) in [6.45, 7) is 7.63. The van der Waals surface area contributed by atoms with Crippen molar-refractivity contribution >= 4 is 17.5 Å². The van der Waals surface area contributed by atoms with Crippen LogP contribution in [-0.2, 0) is 17.6 Å². The predicted octanol–water partition coefficient (Wildman–Crippen LogP) is 5.19. The Hall–Kier alpha value is -3.75. The first-order valence-electron chi connectivity index (χ1n) is 12.3. The summed E-state index contributed by atoms with van der Waals surface area (Å²) in [5, 5.41) is 9.60. The molecule has 196 valence electrons. The minimum absolute atomic E-state index is 0.0516. The van der Waals surface area contributed by atoms with Gasteiger partial charge in [0.2, 0.25) is 5.88 Å². The topological polar surface area (TPSA) is 102 Å². The van der Waals surface area contributed by atoms with Crippen LogP contribution in [0, 0.1) is 24.0 Å². The monoisotopic (exact) mass is 510 g/mol. The number of nitrogen functional groups attached to an aromatic ring is 1. The van der Waals surface area contributed by atoms with Gasteiger partial charge in [-0.3, -0.25) is 4.79 Å². The van der Waals surface area contributed by atoms with Crippen molar-refractivity contribution in [3.05, 3.63) is 65.0 Å². The number of aliphatic carboxylic acids is 1. The Labute approximate surface area is 215 Å². The SMILES string of the molecule is Cc1nc(N)c(-c2cnc(OCCc3ccccc3F)c(F)c2)c(N2CCC(C)(C)CC2)c1CC(=O)O. The highest BCUT2D eigenvalue weighted by atomic mass is 19.1. The first-order chi connectivity index (χ1) is 17.6. The number of ether oxygens (including phenoxy) is 1. The summed E-state index contributed by atoms with van der Waals surface area (Å²) in [4.78, 5) is 22.4. The number of pyridine rings is 2. The van der Waals surface area contributed by atoms with E-state index in [1.165, 1.54) is 18.3 Å². The van der Waals surface area contributed by atoms with E-state index in [4.69, 9.17) is 10.5 Å². The molecule has 0 spiro atoms. The van der Waals surface area contributed by atoms with E-state index in [9.17, 15) is 14.3 Å². The maximum Gasteiger partial charge on any atom is 0.307 e. The van der Waals surface area contributed by atoms with E-state index in [1.807, 2.05) is 0 Å². The number of anilines is 2. The second-order valence-corrected chi connectivity index (χ2v) is 10.2. The maximum absolute atomic E-state index is 15.1. The minimum Gasteiger partial charge on any atom is -0.481 e. The first-order valence-corrected chi connectivity index (χ1v) is 12.3. The summed E-state index contributed by atoms with van der Waals surface area (Å²) in [5.41, 5.74) is 9.60. The molecule has 4 rings (SSSR count). The lowest BCUT2D eigenvalue weighted by molar-refractivity contribution is -0.136. The van der Waals surface area contributed by atoms with Crippen LogP contribution in [0.5, 0.6) is 5.88 Å². The van der Waals surface area contributed by atoms with Gasteiger partial charge < -0.3 is 20.5 Å². The second-order valence-electron chi connectivity index (χ2n) is 10.2. The third kappa shape index (κ3) is 5.98. The van der Waals surface area contributed by atoms with Crippen LogP contribution >= 0.6 is 0 Å². The molecule has 1 fully saturated rings.